The standard InChI is InChI=1S/C5H12NO4P/c6-4(5(7)8)2-1-3-11(9)10/h4,11H,1-3,6H2,(H,7,8)(H,9,10). The van der Waals surface area contributed by atoms with Gasteiger partial charge in [-0.25, -0.2) is 0 Å². The Hall–Kier alpha value is -0.380. The van der Waals surface area contributed by atoms with E-state index >= 15 is 0 Å². The summed E-state index contributed by atoms with van der Waals surface area (Å²) in [5, 5.41) is 8.29. The first-order chi connectivity index (χ1) is 5.04. The Morgan fingerprint density at radius 1 is 1.64 bits per heavy atom. The van der Waals surface area contributed by atoms with Crippen molar-refractivity contribution >= 4 is 14.0 Å². The van der Waals surface area contributed by atoms with E-state index in [2.05, 4.69) is 0 Å². The molecule has 0 bridgehead atoms. The van der Waals surface area contributed by atoms with Crippen LogP contribution in [0.1, 0.15) is 12.8 Å². The molecule has 0 aliphatic rings. The first kappa shape index (κ1) is 10.6. The summed E-state index contributed by atoms with van der Waals surface area (Å²) >= 11 is 0. The van der Waals surface area contributed by atoms with Gasteiger partial charge in [0, 0.05) is 6.16 Å². The van der Waals surface area contributed by atoms with Gasteiger partial charge in [-0.05, 0) is 12.8 Å². The highest BCUT2D eigenvalue weighted by Crippen LogP contribution is 2.15. The van der Waals surface area contributed by atoms with E-state index in [0.717, 1.165) is 0 Å². The summed E-state index contributed by atoms with van der Waals surface area (Å²) in [6, 6.07) is -0.906. The topological polar surface area (TPSA) is 101 Å². The summed E-state index contributed by atoms with van der Waals surface area (Å²) in [4.78, 5) is 18.5. The number of rotatable bonds is 5. The third kappa shape index (κ3) is 6.04. The predicted octanol–water partition coefficient (Wildman–Crippen LogP) is -0.354. The zero-order valence-corrected chi connectivity index (χ0v) is 6.99. The second-order valence-corrected chi connectivity index (χ2v) is 3.52. The van der Waals surface area contributed by atoms with E-state index in [1.54, 1.807) is 0 Å². The smallest absolute Gasteiger partial charge is 0.320 e. The first-order valence-corrected chi connectivity index (χ1v) is 4.80. The van der Waals surface area contributed by atoms with Crippen molar-refractivity contribution in [2.75, 3.05) is 6.16 Å². The van der Waals surface area contributed by atoms with E-state index in [4.69, 9.17) is 15.7 Å². The Morgan fingerprint density at radius 2 is 2.18 bits per heavy atom. The van der Waals surface area contributed by atoms with Crippen LogP contribution in [0, 0.1) is 0 Å². The molecule has 0 heterocycles. The molecule has 0 amide bonds. The van der Waals surface area contributed by atoms with Crippen LogP contribution in [0.25, 0.3) is 0 Å². The fraction of sp³-hybridized carbons (Fsp3) is 0.800. The lowest BCUT2D eigenvalue weighted by molar-refractivity contribution is -0.138. The SMILES string of the molecule is NC(CCC[PH](=O)O)C(=O)O. The number of hydrogen-bond donors (Lipinski definition) is 3. The fourth-order valence-corrected chi connectivity index (χ4v) is 1.10. The molecule has 0 aliphatic carbocycles. The predicted molar refractivity (Wildman–Crippen MR) is 40.9 cm³/mol. The molecule has 0 spiro atoms. The molecule has 5 nitrogen and oxygen atoms in total. The van der Waals surface area contributed by atoms with E-state index in [-0.39, 0.29) is 12.6 Å². The van der Waals surface area contributed by atoms with Crippen molar-refractivity contribution in [2.24, 2.45) is 5.73 Å². The van der Waals surface area contributed by atoms with Crippen LogP contribution in [0.5, 0.6) is 0 Å². The lowest BCUT2D eigenvalue weighted by atomic mass is 10.2. The van der Waals surface area contributed by atoms with Crippen LogP contribution in [-0.2, 0) is 9.36 Å². The maximum Gasteiger partial charge on any atom is 0.320 e. The second kappa shape index (κ2) is 5.29. The minimum Gasteiger partial charge on any atom is -0.480 e. The highest BCUT2D eigenvalue weighted by Gasteiger charge is 2.10. The third-order valence-electron chi connectivity index (χ3n) is 1.22. The van der Waals surface area contributed by atoms with Gasteiger partial charge in [0.1, 0.15) is 6.04 Å². The van der Waals surface area contributed by atoms with Gasteiger partial charge in [0.25, 0.3) is 0 Å². The molecule has 66 valence electrons. The number of hydrogen-bond acceptors (Lipinski definition) is 3. The van der Waals surface area contributed by atoms with Gasteiger partial charge in [0.2, 0.25) is 0 Å². The summed E-state index contributed by atoms with van der Waals surface area (Å²) in [5.41, 5.74) is 5.13. The van der Waals surface area contributed by atoms with Crippen LogP contribution in [-0.4, -0.2) is 28.2 Å². The van der Waals surface area contributed by atoms with E-state index in [0.29, 0.717) is 6.42 Å². The fourth-order valence-electron chi connectivity index (χ4n) is 0.597. The number of carbonyl (C=O) groups is 1. The van der Waals surface area contributed by atoms with Crippen LogP contribution in [0.3, 0.4) is 0 Å². The third-order valence-corrected chi connectivity index (χ3v) is 2.00. The van der Waals surface area contributed by atoms with E-state index < -0.39 is 20.0 Å². The molecular weight excluding hydrogens is 169 g/mol. The summed E-state index contributed by atoms with van der Waals surface area (Å²) in [7, 11) is -2.45. The average molecular weight is 181 g/mol. The van der Waals surface area contributed by atoms with Gasteiger partial charge >= 0.3 is 5.97 Å². The van der Waals surface area contributed by atoms with E-state index in [9.17, 15) is 9.36 Å². The number of carboxylic acid groups (broad SMARTS) is 1. The van der Waals surface area contributed by atoms with E-state index in [1.807, 2.05) is 0 Å². The minimum atomic E-state index is -2.45. The first-order valence-electron chi connectivity index (χ1n) is 3.24. The molecule has 0 radical (unpaired) electrons. The van der Waals surface area contributed by atoms with Crippen LogP contribution in [0.2, 0.25) is 0 Å². The quantitative estimate of drug-likeness (QED) is 0.503. The van der Waals surface area contributed by atoms with E-state index in [1.165, 1.54) is 0 Å². The highest BCUT2D eigenvalue weighted by atomic mass is 31.1. The van der Waals surface area contributed by atoms with Crippen molar-refractivity contribution < 1.29 is 19.4 Å². The number of aliphatic carboxylic acids is 1. The Labute approximate surface area is 65.1 Å². The monoisotopic (exact) mass is 181 g/mol. The summed E-state index contributed by atoms with van der Waals surface area (Å²) in [5.74, 6) is -1.07. The molecule has 0 aliphatic heterocycles. The van der Waals surface area contributed by atoms with Crippen LogP contribution in [0.15, 0.2) is 0 Å². The molecule has 4 N–H and O–H groups in total. The van der Waals surface area contributed by atoms with Crippen molar-refractivity contribution in [1.29, 1.82) is 0 Å². The van der Waals surface area contributed by atoms with Crippen molar-refractivity contribution in [3.05, 3.63) is 0 Å². The average Bonchev–Trinajstić information content (AvgIpc) is 1.86. The second-order valence-electron chi connectivity index (χ2n) is 2.23. The molecule has 0 aromatic rings. The lowest BCUT2D eigenvalue weighted by Crippen LogP contribution is -2.29. The molecule has 0 aromatic carbocycles. The highest BCUT2D eigenvalue weighted by molar-refractivity contribution is 7.37. The molecule has 0 saturated carbocycles. The molecule has 2 atom stereocenters. The van der Waals surface area contributed by atoms with Crippen LogP contribution < -0.4 is 5.73 Å². The maximum atomic E-state index is 10.1. The Balaban J connectivity index is 3.39. The molecule has 0 saturated heterocycles. The van der Waals surface area contributed by atoms with Gasteiger partial charge in [-0.15, -0.1) is 0 Å². The molecular formula is C5H12NO4P. The van der Waals surface area contributed by atoms with Crippen LogP contribution in [0.4, 0.5) is 0 Å². The largest absolute Gasteiger partial charge is 0.480 e. The van der Waals surface area contributed by atoms with Gasteiger partial charge in [0.05, 0.1) is 0 Å². The molecule has 6 heteroatoms. The van der Waals surface area contributed by atoms with Crippen molar-refractivity contribution in [1.82, 2.24) is 0 Å². The molecule has 0 rings (SSSR count). The maximum absolute atomic E-state index is 10.1. The van der Waals surface area contributed by atoms with Crippen molar-refractivity contribution in [2.45, 2.75) is 18.9 Å². The normalized spacial score (nSPS) is 15.8. The molecule has 11 heavy (non-hydrogen) atoms. The molecule has 0 fully saturated rings. The molecule has 0 aromatic heterocycles. The van der Waals surface area contributed by atoms with Gasteiger partial charge < -0.3 is 15.7 Å². The number of carboxylic acids is 1. The Bertz CT molecular complexity index is 161. The molecule has 2 unspecified atom stereocenters. The zero-order chi connectivity index (χ0) is 8.85. The number of nitrogens with two attached hydrogens (primary N) is 1. The van der Waals surface area contributed by atoms with Gasteiger partial charge in [-0.1, -0.05) is 0 Å². The van der Waals surface area contributed by atoms with Gasteiger partial charge in [-0.3, -0.25) is 9.36 Å². The summed E-state index contributed by atoms with van der Waals surface area (Å²) in [6.07, 6.45) is 0.805. The summed E-state index contributed by atoms with van der Waals surface area (Å²) < 4.78 is 10.1. The zero-order valence-electron chi connectivity index (χ0n) is 5.99. The minimum absolute atomic E-state index is 0.158. The Kier molecular flexibility index (Phi) is 5.11. The van der Waals surface area contributed by atoms with Gasteiger partial charge in [0.15, 0.2) is 8.03 Å². The Morgan fingerprint density at radius 3 is 2.55 bits per heavy atom. The van der Waals surface area contributed by atoms with Gasteiger partial charge in [-0.2, -0.15) is 0 Å². The van der Waals surface area contributed by atoms with Crippen molar-refractivity contribution in [3.8, 4) is 0 Å². The van der Waals surface area contributed by atoms with Crippen LogP contribution >= 0.6 is 8.03 Å². The lowest BCUT2D eigenvalue weighted by Gasteiger charge is -2.03. The summed E-state index contributed by atoms with van der Waals surface area (Å²) in [6.45, 7) is 0. The van der Waals surface area contributed by atoms with Crippen molar-refractivity contribution in [3.63, 3.8) is 0 Å².